The second-order valence-corrected chi connectivity index (χ2v) is 10.9. The average molecular weight is 580 g/mol. The fourth-order valence-corrected chi connectivity index (χ4v) is 6.70. The third kappa shape index (κ3) is 3.57. The Balaban J connectivity index is 1.44. The SMILES string of the molecule is COc1ccc([C@@H]2C=C3c4ccc5ccccc5c4OC(=O)[C@@H]3[C@H]3C(=O)N(c4cccc(Br)c4)C(=O)[C@H]32)cc1. The van der Waals surface area contributed by atoms with E-state index in [-0.39, 0.29) is 5.91 Å². The maximum Gasteiger partial charge on any atom is 0.319 e. The van der Waals surface area contributed by atoms with E-state index in [0.29, 0.717) is 17.2 Å². The first kappa shape index (κ1) is 23.9. The number of methoxy groups -OCH3 is 1. The molecule has 2 heterocycles. The molecule has 0 bridgehead atoms. The van der Waals surface area contributed by atoms with Gasteiger partial charge < -0.3 is 9.47 Å². The maximum atomic E-state index is 14.1. The molecule has 2 amide bonds. The standard InChI is InChI=1S/C32H22BrNO5/c1-38-21-12-9-18(10-13-21)24-16-25-23-14-11-17-5-2-3-8-22(17)29(23)39-32(37)27(25)28-26(24)30(35)34(31(28)36)20-7-4-6-19(33)15-20/h2-16,24,26-28H,1H3/t24-,26-,27-,28-/m0/s1. The number of imide groups is 1. The van der Waals surface area contributed by atoms with Gasteiger partial charge in [0.2, 0.25) is 11.8 Å². The van der Waals surface area contributed by atoms with Gasteiger partial charge in [-0.15, -0.1) is 0 Å². The smallest absolute Gasteiger partial charge is 0.319 e. The van der Waals surface area contributed by atoms with Crippen LogP contribution in [0, 0.1) is 17.8 Å². The zero-order valence-electron chi connectivity index (χ0n) is 20.8. The van der Waals surface area contributed by atoms with Gasteiger partial charge in [-0.1, -0.05) is 76.6 Å². The van der Waals surface area contributed by atoms with Crippen LogP contribution < -0.4 is 14.4 Å². The van der Waals surface area contributed by atoms with E-state index in [4.69, 9.17) is 9.47 Å². The third-order valence-corrected chi connectivity index (χ3v) is 8.55. The highest BCUT2D eigenvalue weighted by Gasteiger charge is 2.60. The van der Waals surface area contributed by atoms with Crippen LogP contribution in [0.25, 0.3) is 16.3 Å². The number of anilines is 1. The van der Waals surface area contributed by atoms with Crippen LogP contribution in [0.3, 0.4) is 0 Å². The number of hydrogen-bond acceptors (Lipinski definition) is 5. The zero-order chi connectivity index (χ0) is 26.8. The summed E-state index contributed by atoms with van der Waals surface area (Å²) in [5.74, 6) is -2.99. The Hall–Kier alpha value is -4.23. The molecule has 0 aromatic heterocycles. The maximum absolute atomic E-state index is 14.1. The van der Waals surface area contributed by atoms with E-state index in [1.54, 1.807) is 25.3 Å². The summed E-state index contributed by atoms with van der Waals surface area (Å²) in [7, 11) is 1.60. The topological polar surface area (TPSA) is 72.9 Å². The highest BCUT2D eigenvalue weighted by molar-refractivity contribution is 9.10. The van der Waals surface area contributed by atoms with Gasteiger partial charge in [0.25, 0.3) is 0 Å². The molecule has 4 aromatic carbocycles. The van der Waals surface area contributed by atoms with Crippen LogP contribution in [0.5, 0.6) is 11.5 Å². The van der Waals surface area contributed by atoms with E-state index in [1.807, 2.05) is 72.8 Å². The van der Waals surface area contributed by atoms with Crippen molar-refractivity contribution in [2.45, 2.75) is 5.92 Å². The number of carbonyl (C=O) groups excluding carboxylic acids is 3. The molecule has 0 saturated carbocycles. The fourth-order valence-electron chi connectivity index (χ4n) is 6.31. The molecule has 39 heavy (non-hydrogen) atoms. The second-order valence-electron chi connectivity index (χ2n) is 10.0. The van der Waals surface area contributed by atoms with Gasteiger partial charge in [0.15, 0.2) is 0 Å². The van der Waals surface area contributed by atoms with Gasteiger partial charge in [0.05, 0.1) is 30.6 Å². The van der Waals surface area contributed by atoms with E-state index >= 15 is 0 Å². The normalized spacial score (nSPS) is 23.6. The van der Waals surface area contributed by atoms with Gasteiger partial charge in [-0.2, -0.15) is 0 Å². The van der Waals surface area contributed by atoms with E-state index in [2.05, 4.69) is 15.9 Å². The van der Waals surface area contributed by atoms with Crippen LogP contribution in [0.1, 0.15) is 17.0 Å². The minimum absolute atomic E-state index is 0.323. The first-order chi connectivity index (χ1) is 19.0. The second kappa shape index (κ2) is 8.92. The van der Waals surface area contributed by atoms with E-state index in [1.165, 1.54) is 4.90 Å². The molecule has 0 radical (unpaired) electrons. The van der Waals surface area contributed by atoms with Crippen LogP contribution in [0.2, 0.25) is 0 Å². The largest absolute Gasteiger partial charge is 0.497 e. The third-order valence-electron chi connectivity index (χ3n) is 8.05. The summed E-state index contributed by atoms with van der Waals surface area (Å²) < 4.78 is 12.0. The average Bonchev–Trinajstić information content (AvgIpc) is 3.22. The van der Waals surface area contributed by atoms with Crippen molar-refractivity contribution < 1.29 is 23.9 Å². The van der Waals surface area contributed by atoms with Crippen LogP contribution in [-0.2, 0) is 14.4 Å². The van der Waals surface area contributed by atoms with Gasteiger partial charge in [0.1, 0.15) is 11.5 Å². The van der Waals surface area contributed by atoms with E-state index in [0.717, 1.165) is 31.9 Å². The molecule has 7 heteroatoms. The van der Waals surface area contributed by atoms with Crippen molar-refractivity contribution in [1.29, 1.82) is 0 Å². The molecular weight excluding hydrogens is 558 g/mol. The zero-order valence-corrected chi connectivity index (χ0v) is 22.4. The quantitative estimate of drug-likeness (QED) is 0.166. The molecular formula is C32H22BrNO5. The van der Waals surface area contributed by atoms with Gasteiger partial charge in [-0.3, -0.25) is 14.4 Å². The lowest BCUT2D eigenvalue weighted by molar-refractivity contribution is -0.142. The molecule has 2 aliphatic heterocycles. The Labute approximate surface area is 233 Å². The van der Waals surface area contributed by atoms with Crippen molar-refractivity contribution in [3.63, 3.8) is 0 Å². The van der Waals surface area contributed by atoms with Crippen LogP contribution in [0.4, 0.5) is 5.69 Å². The first-order valence-electron chi connectivity index (χ1n) is 12.7. The van der Waals surface area contributed by atoms with Crippen molar-refractivity contribution in [1.82, 2.24) is 0 Å². The number of benzene rings is 4. The Morgan fingerprint density at radius 2 is 1.62 bits per heavy atom. The number of halogens is 1. The summed E-state index contributed by atoms with van der Waals surface area (Å²) in [5.41, 5.74) is 2.84. The highest BCUT2D eigenvalue weighted by Crippen LogP contribution is 2.55. The summed E-state index contributed by atoms with van der Waals surface area (Å²) in [5, 5.41) is 1.78. The Kier molecular flexibility index (Phi) is 5.45. The predicted molar refractivity (Wildman–Crippen MR) is 150 cm³/mol. The lowest BCUT2D eigenvalue weighted by Gasteiger charge is -2.38. The van der Waals surface area contributed by atoms with Gasteiger partial charge in [-0.05, 0) is 46.9 Å². The molecule has 1 saturated heterocycles. The number of ether oxygens (including phenoxy) is 2. The summed E-state index contributed by atoms with van der Waals surface area (Å²) in [6.45, 7) is 0. The van der Waals surface area contributed by atoms with Crippen LogP contribution in [-0.4, -0.2) is 24.9 Å². The van der Waals surface area contributed by atoms with Crippen molar-refractivity contribution in [3.05, 3.63) is 107 Å². The molecule has 3 aliphatic rings. The highest BCUT2D eigenvalue weighted by atomic mass is 79.9. The number of esters is 1. The number of rotatable bonds is 3. The van der Waals surface area contributed by atoms with E-state index in [9.17, 15) is 14.4 Å². The van der Waals surface area contributed by atoms with Crippen molar-refractivity contribution >= 4 is 55.7 Å². The van der Waals surface area contributed by atoms with Crippen LogP contribution in [0.15, 0.2) is 95.5 Å². The van der Waals surface area contributed by atoms with E-state index < -0.39 is 35.5 Å². The molecule has 0 spiro atoms. The van der Waals surface area contributed by atoms with Crippen LogP contribution >= 0.6 is 15.9 Å². The minimum Gasteiger partial charge on any atom is -0.497 e. The number of fused-ring (bicyclic) bond motifs is 7. The summed E-state index contributed by atoms with van der Waals surface area (Å²) in [6, 6.07) is 26.3. The predicted octanol–water partition coefficient (Wildman–Crippen LogP) is 6.13. The molecule has 7 rings (SSSR count). The number of allylic oxidation sites excluding steroid dienone is 1. The van der Waals surface area contributed by atoms with Gasteiger partial charge in [-0.25, -0.2) is 4.90 Å². The molecule has 0 N–H and O–H groups in total. The molecule has 0 unspecified atom stereocenters. The minimum atomic E-state index is -0.893. The van der Waals surface area contributed by atoms with Crippen molar-refractivity contribution in [2.24, 2.45) is 17.8 Å². The molecule has 4 atom stereocenters. The molecule has 1 fully saturated rings. The summed E-state index contributed by atoms with van der Waals surface area (Å²) in [6.07, 6.45) is 2.00. The summed E-state index contributed by atoms with van der Waals surface area (Å²) in [4.78, 5) is 43.1. The monoisotopic (exact) mass is 579 g/mol. The number of nitrogens with zero attached hydrogens (tertiary/aromatic N) is 1. The fraction of sp³-hybridized carbons (Fsp3) is 0.156. The molecule has 1 aliphatic carbocycles. The lowest BCUT2D eigenvalue weighted by atomic mass is 9.64. The molecule has 4 aromatic rings. The van der Waals surface area contributed by atoms with Gasteiger partial charge in [0, 0.05) is 21.3 Å². The van der Waals surface area contributed by atoms with Crippen molar-refractivity contribution in [3.8, 4) is 11.5 Å². The number of amides is 2. The van der Waals surface area contributed by atoms with Crippen molar-refractivity contribution in [2.75, 3.05) is 12.0 Å². The number of carbonyl (C=O) groups is 3. The Morgan fingerprint density at radius 1 is 0.846 bits per heavy atom. The number of hydrogen-bond donors (Lipinski definition) is 0. The Bertz CT molecular complexity index is 1730. The first-order valence-corrected chi connectivity index (χ1v) is 13.5. The molecule has 6 nitrogen and oxygen atoms in total. The van der Waals surface area contributed by atoms with Gasteiger partial charge >= 0.3 is 5.97 Å². The lowest BCUT2D eigenvalue weighted by Crippen LogP contribution is -2.42. The Morgan fingerprint density at radius 3 is 2.38 bits per heavy atom. The summed E-state index contributed by atoms with van der Waals surface area (Å²) >= 11 is 3.45. The molecule has 192 valence electrons.